The highest BCUT2D eigenvalue weighted by atomic mass is 16.2. The summed E-state index contributed by atoms with van der Waals surface area (Å²) < 4.78 is 0. The average molecular weight is 339 g/mol. The Bertz CT molecular complexity index is 659. The molecule has 2 fully saturated rings. The van der Waals surface area contributed by atoms with E-state index in [2.05, 4.69) is 29.6 Å². The fourth-order valence-corrected chi connectivity index (χ4v) is 5.22. The van der Waals surface area contributed by atoms with Crippen LogP contribution in [0.25, 0.3) is 0 Å². The lowest BCUT2D eigenvalue weighted by atomic mass is 9.60. The topological polar surface area (TPSA) is 44.4 Å². The minimum absolute atomic E-state index is 0.0481. The maximum absolute atomic E-state index is 12.5. The second kappa shape index (κ2) is 6.74. The molecule has 5 rings (SSSR count). The number of rotatable bonds is 6. The molecule has 1 unspecified atom stereocenters. The highest BCUT2D eigenvalue weighted by molar-refractivity contribution is 5.94. The van der Waals surface area contributed by atoms with Crippen molar-refractivity contribution in [1.82, 2.24) is 10.9 Å². The first-order valence-corrected chi connectivity index (χ1v) is 9.81. The first kappa shape index (κ1) is 16.5. The lowest BCUT2D eigenvalue weighted by Gasteiger charge is -2.47. The Labute approximate surface area is 150 Å². The van der Waals surface area contributed by atoms with Crippen LogP contribution in [0, 0.1) is 17.8 Å². The molecule has 0 radical (unpaired) electrons. The maximum atomic E-state index is 12.5. The van der Waals surface area contributed by atoms with Gasteiger partial charge in [-0.25, -0.2) is 0 Å². The van der Waals surface area contributed by atoms with Gasteiger partial charge in [0.15, 0.2) is 0 Å². The standard InChI is InChI=1S/C21H29N3O/c1-3-24(4-2)19-7-5-16(6-8-19)21(25)23-22-20-17-10-14-9-15(12-17)13-18(20)11-14/h5-8,14-15,17,22H,3-4,9-13H2,1-2H3,(H,23,25)/t14-,15+,17?. The molecule has 1 aromatic carbocycles. The quantitative estimate of drug-likeness (QED) is 0.774. The molecule has 0 saturated heterocycles. The van der Waals surface area contributed by atoms with E-state index in [1.54, 1.807) is 5.57 Å². The van der Waals surface area contributed by atoms with Gasteiger partial charge in [0.1, 0.15) is 0 Å². The Morgan fingerprint density at radius 1 is 1.04 bits per heavy atom. The zero-order valence-corrected chi connectivity index (χ0v) is 15.3. The Morgan fingerprint density at radius 2 is 1.68 bits per heavy atom. The third kappa shape index (κ3) is 3.14. The number of amides is 1. The number of hydrogen-bond acceptors (Lipinski definition) is 3. The Balaban J connectivity index is 1.39. The van der Waals surface area contributed by atoms with Crippen LogP contribution in [0.4, 0.5) is 5.69 Å². The number of carbonyl (C=O) groups is 1. The third-order valence-corrected chi connectivity index (χ3v) is 6.33. The molecule has 3 atom stereocenters. The highest BCUT2D eigenvalue weighted by Gasteiger charge is 2.41. The predicted octanol–water partition coefficient (Wildman–Crippen LogP) is 3.86. The van der Waals surface area contributed by atoms with Crippen molar-refractivity contribution >= 4 is 11.6 Å². The van der Waals surface area contributed by atoms with E-state index in [-0.39, 0.29) is 5.91 Å². The lowest BCUT2D eigenvalue weighted by molar-refractivity contribution is 0.0925. The van der Waals surface area contributed by atoms with E-state index in [4.69, 9.17) is 0 Å². The molecule has 2 saturated carbocycles. The lowest BCUT2D eigenvalue weighted by Crippen LogP contribution is -2.45. The molecule has 25 heavy (non-hydrogen) atoms. The molecular weight excluding hydrogens is 310 g/mol. The smallest absolute Gasteiger partial charge is 0.269 e. The molecule has 134 valence electrons. The number of hydrogen-bond donors (Lipinski definition) is 2. The first-order chi connectivity index (χ1) is 12.2. The molecule has 0 spiro atoms. The Hall–Kier alpha value is -1.97. The number of nitrogens with zero attached hydrogens (tertiary/aromatic N) is 1. The summed E-state index contributed by atoms with van der Waals surface area (Å²) in [6, 6.07) is 7.90. The van der Waals surface area contributed by atoms with Crippen molar-refractivity contribution in [3.8, 4) is 0 Å². The SMILES string of the molecule is CCN(CC)c1ccc(C(=O)NNC2=C3C[C@@H]4CC2C[C@H](C3)C4)cc1. The van der Waals surface area contributed by atoms with Crippen molar-refractivity contribution in [2.24, 2.45) is 17.8 Å². The predicted molar refractivity (Wildman–Crippen MR) is 101 cm³/mol. The normalized spacial score (nSPS) is 26.7. The van der Waals surface area contributed by atoms with Crippen LogP contribution in [0.5, 0.6) is 0 Å². The number of nitrogens with one attached hydrogen (secondary N) is 2. The zero-order valence-electron chi connectivity index (χ0n) is 15.3. The van der Waals surface area contributed by atoms with E-state index < -0.39 is 0 Å². The van der Waals surface area contributed by atoms with Gasteiger partial charge in [-0.2, -0.15) is 0 Å². The number of allylic oxidation sites excluding steroid dienone is 2. The maximum Gasteiger partial charge on any atom is 0.269 e. The molecule has 1 aromatic rings. The highest BCUT2D eigenvalue weighted by Crippen LogP contribution is 2.52. The van der Waals surface area contributed by atoms with Gasteiger partial charge in [0.2, 0.25) is 0 Å². The molecule has 4 heteroatoms. The van der Waals surface area contributed by atoms with Crippen molar-refractivity contribution in [2.75, 3.05) is 18.0 Å². The molecule has 4 aliphatic rings. The summed E-state index contributed by atoms with van der Waals surface area (Å²) in [5.74, 6) is 2.40. The van der Waals surface area contributed by atoms with Crippen LogP contribution in [0.2, 0.25) is 0 Å². The second-order valence-electron chi connectivity index (χ2n) is 7.86. The van der Waals surface area contributed by atoms with E-state index in [9.17, 15) is 4.79 Å². The molecule has 0 aliphatic heterocycles. The van der Waals surface area contributed by atoms with Gasteiger partial charge in [-0.15, -0.1) is 0 Å². The summed E-state index contributed by atoms with van der Waals surface area (Å²) in [4.78, 5) is 14.8. The summed E-state index contributed by atoms with van der Waals surface area (Å²) in [6.45, 7) is 6.25. The van der Waals surface area contributed by atoms with Crippen molar-refractivity contribution < 1.29 is 4.79 Å². The van der Waals surface area contributed by atoms with Crippen LogP contribution in [0.1, 0.15) is 56.3 Å². The van der Waals surface area contributed by atoms with E-state index in [0.717, 1.165) is 24.9 Å². The van der Waals surface area contributed by atoms with Crippen LogP contribution < -0.4 is 15.8 Å². The van der Waals surface area contributed by atoms with E-state index in [1.807, 2.05) is 24.3 Å². The Morgan fingerprint density at radius 3 is 2.24 bits per heavy atom. The van der Waals surface area contributed by atoms with Crippen LogP contribution >= 0.6 is 0 Å². The molecule has 4 aliphatic carbocycles. The summed E-state index contributed by atoms with van der Waals surface area (Å²) in [6.07, 6.45) is 6.51. The van der Waals surface area contributed by atoms with Gasteiger partial charge in [0.25, 0.3) is 5.91 Å². The first-order valence-electron chi connectivity index (χ1n) is 9.81. The third-order valence-electron chi connectivity index (χ3n) is 6.33. The van der Waals surface area contributed by atoms with Gasteiger partial charge in [-0.3, -0.25) is 10.2 Å². The molecule has 0 heterocycles. The van der Waals surface area contributed by atoms with Crippen LogP contribution in [-0.4, -0.2) is 19.0 Å². The second-order valence-corrected chi connectivity index (χ2v) is 7.86. The minimum Gasteiger partial charge on any atom is -0.372 e. The van der Waals surface area contributed by atoms with Crippen molar-refractivity contribution in [2.45, 2.75) is 46.0 Å². The summed E-state index contributed by atoms with van der Waals surface area (Å²) in [7, 11) is 0. The van der Waals surface area contributed by atoms with Crippen molar-refractivity contribution in [3.05, 3.63) is 41.1 Å². The monoisotopic (exact) mass is 339 g/mol. The Kier molecular flexibility index (Phi) is 4.45. The van der Waals surface area contributed by atoms with E-state index >= 15 is 0 Å². The molecule has 4 nitrogen and oxygen atoms in total. The summed E-state index contributed by atoms with van der Waals surface area (Å²) in [5, 5.41) is 0. The minimum atomic E-state index is -0.0481. The molecular formula is C21H29N3O. The molecule has 4 bridgehead atoms. The van der Waals surface area contributed by atoms with Crippen LogP contribution in [0.15, 0.2) is 35.5 Å². The largest absolute Gasteiger partial charge is 0.372 e. The molecule has 2 N–H and O–H groups in total. The van der Waals surface area contributed by atoms with Gasteiger partial charge in [0, 0.05) is 36.0 Å². The van der Waals surface area contributed by atoms with Gasteiger partial charge in [-0.1, -0.05) is 0 Å². The van der Waals surface area contributed by atoms with Crippen LogP contribution in [-0.2, 0) is 0 Å². The molecule has 0 aromatic heterocycles. The van der Waals surface area contributed by atoms with Gasteiger partial charge in [-0.05, 0) is 87.6 Å². The number of anilines is 1. The molecule has 1 amide bonds. The number of carbonyl (C=O) groups excluding carboxylic acids is 1. The fourth-order valence-electron chi connectivity index (χ4n) is 5.22. The number of hydrazine groups is 1. The van der Waals surface area contributed by atoms with Crippen molar-refractivity contribution in [3.63, 3.8) is 0 Å². The summed E-state index contributed by atoms with van der Waals surface area (Å²) in [5.41, 5.74) is 11.0. The van der Waals surface area contributed by atoms with E-state index in [1.165, 1.54) is 43.5 Å². The zero-order chi connectivity index (χ0) is 17.4. The average Bonchev–Trinajstić information content (AvgIpc) is 2.62. The van der Waals surface area contributed by atoms with E-state index in [0.29, 0.717) is 11.5 Å². The van der Waals surface area contributed by atoms with Gasteiger partial charge >= 0.3 is 0 Å². The number of benzene rings is 1. The van der Waals surface area contributed by atoms with Gasteiger partial charge in [0.05, 0.1) is 0 Å². The van der Waals surface area contributed by atoms with Gasteiger partial charge < -0.3 is 10.3 Å². The van der Waals surface area contributed by atoms with Crippen LogP contribution in [0.3, 0.4) is 0 Å². The summed E-state index contributed by atoms with van der Waals surface area (Å²) >= 11 is 0. The fraction of sp³-hybridized carbons (Fsp3) is 0.571. The van der Waals surface area contributed by atoms with Crippen molar-refractivity contribution in [1.29, 1.82) is 0 Å².